The summed E-state index contributed by atoms with van der Waals surface area (Å²) in [5.41, 5.74) is 3.48. The first-order valence-corrected chi connectivity index (χ1v) is 11.1. The van der Waals surface area contributed by atoms with Gasteiger partial charge in [0.2, 0.25) is 5.91 Å². The van der Waals surface area contributed by atoms with Gasteiger partial charge in [-0.3, -0.25) is 4.79 Å². The number of nitrogens with zero attached hydrogens (tertiary/aromatic N) is 2. The molecule has 3 aromatic carbocycles. The van der Waals surface area contributed by atoms with E-state index in [1.54, 1.807) is 14.2 Å². The second-order valence-electron chi connectivity index (χ2n) is 8.07. The molecule has 0 aliphatic carbocycles. The number of hydrogen-bond acceptors (Lipinski definition) is 6. The highest BCUT2D eigenvalue weighted by molar-refractivity contribution is 6.06. The van der Waals surface area contributed by atoms with Gasteiger partial charge in [0, 0.05) is 48.7 Å². The fourth-order valence-corrected chi connectivity index (χ4v) is 4.35. The number of benzene rings is 3. The maximum Gasteiger partial charge on any atom is 0.241 e. The Morgan fingerprint density at radius 1 is 0.909 bits per heavy atom. The summed E-state index contributed by atoms with van der Waals surface area (Å²) in [6.45, 7) is 3.17. The number of nitrogens with one attached hydrogen (secondary N) is 1. The van der Waals surface area contributed by atoms with Crippen molar-refractivity contribution in [2.45, 2.75) is 0 Å². The number of methoxy groups -OCH3 is 2. The lowest BCUT2D eigenvalue weighted by atomic mass is 10.1. The number of piperazine rings is 1. The number of hydrogen-bond donors (Lipinski definition) is 1. The minimum absolute atomic E-state index is 0.0659. The van der Waals surface area contributed by atoms with E-state index in [0.29, 0.717) is 18.8 Å². The van der Waals surface area contributed by atoms with Gasteiger partial charge in [0.25, 0.3) is 0 Å². The molecule has 1 N–H and O–H groups in total. The Balaban J connectivity index is 1.23. The van der Waals surface area contributed by atoms with Crippen molar-refractivity contribution in [1.29, 1.82) is 0 Å². The summed E-state index contributed by atoms with van der Waals surface area (Å²) in [6.07, 6.45) is 0. The zero-order valence-corrected chi connectivity index (χ0v) is 18.8. The van der Waals surface area contributed by atoms with Gasteiger partial charge < -0.3 is 29.0 Å². The van der Waals surface area contributed by atoms with Crippen LogP contribution in [0.4, 0.5) is 11.4 Å². The summed E-state index contributed by atoms with van der Waals surface area (Å²) in [5, 5.41) is 5.29. The summed E-state index contributed by atoms with van der Waals surface area (Å²) >= 11 is 0. The minimum Gasteiger partial charge on any atom is -0.497 e. The van der Waals surface area contributed by atoms with Crippen molar-refractivity contribution < 1.29 is 18.7 Å². The van der Waals surface area contributed by atoms with Gasteiger partial charge in [-0.2, -0.15) is 0 Å². The van der Waals surface area contributed by atoms with Crippen molar-refractivity contribution in [3.05, 3.63) is 60.7 Å². The molecule has 0 saturated carbocycles. The van der Waals surface area contributed by atoms with Crippen LogP contribution in [0.5, 0.6) is 11.5 Å². The van der Waals surface area contributed by atoms with Crippen molar-refractivity contribution in [3.63, 3.8) is 0 Å². The van der Waals surface area contributed by atoms with Gasteiger partial charge in [-0.1, -0.05) is 18.2 Å². The zero-order chi connectivity index (χ0) is 22.8. The number of carbonyl (C=O) groups is 1. The maximum atomic E-state index is 12.9. The molecule has 170 valence electrons. The molecule has 7 nitrogen and oxygen atoms in total. The van der Waals surface area contributed by atoms with E-state index in [0.717, 1.165) is 52.2 Å². The summed E-state index contributed by atoms with van der Waals surface area (Å²) in [5.74, 6) is 1.59. The van der Waals surface area contributed by atoms with Crippen LogP contribution < -0.4 is 19.7 Å². The highest BCUT2D eigenvalue weighted by Gasteiger charge is 2.22. The van der Waals surface area contributed by atoms with Gasteiger partial charge in [-0.05, 0) is 36.4 Å². The Morgan fingerprint density at radius 3 is 2.39 bits per heavy atom. The van der Waals surface area contributed by atoms with Gasteiger partial charge in [0.05, 0.1) is 26.5 Å². The Hall–Kier alpha value is -3.87. The van der Waals surface area contributed by atoms with E-state index in [4.69, 9.17) is 13.9 Å². The Labute approximate surface area is 192 Å². The van der Waals surface area contributed by atoms with Crippen LogP contribution in [0, 0.1) is 0 Å². The summed E-state index contributed by atoms with van der Waals surface area (Å²) in [7, 11) is 3.30. The zero-order valence-electron chi connectivity index (χ0n) is 18.8. The van der Waals surface area contributed by atoms with Crippen molar-refractivity contribution in [2.24, 2.45) is 0 Å². The monoisotopic (exact) mass is 445 g/mol. The second-order valence-corrected chi connectivity index (χ2v) is 8.07. The smallest absolute Gasteiger partial charge is 0.241 e. The van der Waals surface area contributed by atoms with Crippen molar-refractivity contribution in [1.82, 2.24) is 4.90 Å². The quantitative estimate of drug-likeness (QED) is 0.476. The molecule has 1 aromatic heterocycles. The molecule has 4 aromatic rings. The lowest BCUT2D eigenvalue weighted by Crippen LogP contribution is -2.50. The van der Waals surface area contributed by atoms with Gasteiger partial charge in [-0.25, -0.2) is 0 Å². The number of anilines is 2. The third-order valence-electron chi connectivity index (χ3n) is 6.20. The normalized spacial score (nSPS) is 14.0. The lowest BCUT2D eigenvalue weighted by molar-refractivity contribution is -0.129. The topological polar surface area (TPSA) is 67.2 Å². The molecule has 1 aliphatic heterocycles. The number of amides is 1. The number of para-hydroxylation sites is 1. The van der Waals surface area contributed by atoms with Crippen LogP contribution in [0.25, 0.3) is 21.9 Å². The van der Waals surface area contributed by atoms with Crippen LogP contribution in [0.15, 0.2) is 65.1 Å². The Kier molecular flexibility index (Phi) is 5.69. The van der Waals surface area contributed by atoms with Crippen molar-refractivity contribution in [3.8, 4) is 11.5 Å². The Bertz CT molecular complexity index is 1270. The first kappa shape index (κ1) is 21.0. The number of furan rings is 1. The molecule has 1 saturated heterocycles. The second kappa shape index (κ2) is 8.94. The highest BCUT2D eigenvalue weighted by Crippen LogP contribution is 2.36. The predicted molar refractivity (Wildman–Crippen MR) is 131 cm³/mol. The number of fused-ring (bicyclic) bond motifs is 3. The van der Waals surface area contributed by atoms with E-state index < -0.39 is 0 Å². The molecule has 1 fully saturated rings. The van der Waals surface area contributed by atoms with Crippen LogP contribution in [0.1, 0.15) is 0 Å². The summed E-state index contributed by atoms with van der Waals surface area (Å²) in [6, 6.07) is 19.8. The molecule has 1 amide bonds. The van der Waals surface area contributed by atoms with Crippen LogP contribution in [0.3, 0.4) is 0 Å². The molecule has 0 unspecified atom stereocenters. The lowest BCUT2D eigenvalue weighted by Gasteiger charge is -2.36. The highest BCUT2D eigenvalue weighted by atomic mass is 16.5. The summed E-state index contributed by atoms with van der Waals surface area (Å²) in [4.78, 5) is 17.1. The molecular weight excluding hydrogens is 418 g/mol. The van der Waals surface area contributed by atoms with Crippen LogP contribution in [-0.4, -0.2) is 57.8 Å². The fraction of sp³-hybridized carbons (Fsp3) is 0.269. The molecule has 0 spiro atoms. The first-order valence-electron chi connectivity index (χ1n) is 11.1. The molecule has 7 heteroatoms. The molecule has 0 radical (unpaired) electrons. The van der Waals surface area contributed by atoms with Crippen LogP contribution in [-0.2, 0) is 4.79 Å². The third-order valence-corrected chi connectivity index (χ3v) is 6.20. The van der Waals surface area contributed by atoms with Gasteiger partial charge >= 0.3 is 0 Å². The fourth-order valence-electron chi connectivity index (χ4n) is 4.35. The van der Waals surface area contributed by atoms with E-state index >= 15 is 0 Å². The molecule has 5 rings (SSSR count). The predicted octanol–water partition coefficient (Wildman–Crippen LogP) is 4.36. The van der Waals surface area contributed by atoms with E-state index in [2.05, 4.69) is 22.3 Å². The SMILES string of the molecule is COc1ccc(N2CCN(C(=O)CNc3cc4oc5ccccc5c4cc3OC)CC2)cc1. The first-order chi connectivity index (χ1) is 16.2. The Morgan fingerprint density at radius 2 is 1.67 bits per heavy atom. The van der Waals surface area contributed by atoms with Gasteiger partial charge in [0.15, 0.2) is 0 Å². The number of rotatable bonds is 6. The summed E-state index contributed by atoms with van der Waals surface area (Å²) < 4.78 is 16.8. The van der Waals surface area contributed by atoms with E-state index in [1.807, 2.05) is 53.4 Å². The van der Waals surface area contributed by atoms with E-state index in [-0.39, 0.29) is 12.5 Å². The van der Waals surface area contributed by atoms with Crippen LogP contribution >= 0.6 is 0 Å². The third kappa shape index (κ3) is 4.14. The number of carbonyl (C=O) groups excluding carboxylic acids is 1. The molecule has 33 heavy (non-hydrogen) atoms. The molecule has 0 atom stereocenters. The number of ether oxygens (including phenoxy) is 2. The van der Waals surface area contributed by atoms with E-state index in [9.17, 15) is 4.79 Å². The average Bonchev–Trinajstić information content (AvgIpc) is 3.24. The molecule has 0 bridgehead atoms. The van der Waals surface area contributed by atoms with E-state index in [1.165, 1.54) is 0 Å². The molecule has 1 aliphatic rings. The minimum atomic E-state index is 0.0659. The molecule has 2 heterocycles. The van der Waals surface area contributed by atoms with Crippen molar-refractivity contribution >= 4 is 39.2 Å². The largest absolute Gasteiger partial charge is 0.497 e. The maximum absolute atomic E-state index is 12.9. The van der Waals surface area contributed by atoms with Gasteiger partial charge in [0.1, 0.15) is 22.7 Å². The average molecular weight is 446 g/mol. The van der Waals surface area contributed by atoms with Crippen LogP contribution in [0.2, 0.25) is 0 Å². The molecular formula is C26H27N3O4. The van der Waals surface area contributed by atoms with Gasteiger partial charge in [-0.15, -0.1) is 0 Å². The standard InChI is InChI=1S/C26H27N3O4/c1-31-19-9-7-18(8-10-19)28-11-13-29(14-12-28)26(30)17-27-22-16-24-21(15-25(22)32-2)20-5-3-4-6-23(20)33-24/h3-10,15-16,27H,11-14,17H2,1-2H3. The van der Waals surface area contributed by atoms with Crippen molar-refractivity contribution in [2.75, 3.05) is 57.2 Å².